The molecule has 98 valence electrons. The summed E-state index contributed by atoms with van der Waals surface area (Å²) in [6.45, 7) is 4.02. The number of hydrogen-bond donors (Lipinski definition) is 1. The summed E-state index contributed by atoms with van der Waals surface area (Å²) < 4.78 is 0. The van der Waals surface area contributed by atoms with E-state index in [2.05, 4.69) is 15.9 Å². The van der Waals surface area contributed by atoms with Crippen LogP contribution >= 0.6 is 11.3 Å². The molecule has 2 aromatic rings. The zero-order valence-corrected chi connectivity index (χ0v) is 11.5. The fraction of sp³-hybridized carbons (Fsp3) is 0.308. The number of fused-ring (bicyclic) bond motifs is 1. The van der Waals surface area contributed by atoms with Gasteiger partial charge in [0.05, 0.1) is 11.9 Å². The first-order valence-electron chi connectivity index (χ1n) is 5.65. The van der Waals surface area contributed by atoms with E-state index in [0.717, 1.165) is 20.7 Å². The van der Waals surface area contributed by atoms with Crippen LogP contribution in [0.4, 0.5) is 5.82 Å². The average Bonchev–Trinajstić information content (AvgIpc) is 2.64. The second-order valence-corrected chi connectivity index (χ2v) is 5.32. The van der Waals surface area contributed by atoms with Crippen molar-refractivity contribution in [3.05, 3.63) is 16.8 Å². The van der Waals surface area contributed by atoms with Crippen molar-refractivity contribution >= 4 is 33.3 Å². The lowest BCUT2D eigenvalue weighted by Crippen LogP contribution is -2.31. The molecule has 0 atom stereocenters. The number of anilines is 1. The van der Waals surface area contributed by atoms with Gasteiger partial charge in [0.2, 0.25) is 0 Å². The molecule has 0 saturated heterocycles. The number of aryl methyl sites for hydroxylation is 2. The SMILES string of the molecule is C#CCN(CC(=O)O)c1ncnc2sc(C)c(C)c12. The molecule has 0 saturated carbocycles. The van der Waals surface area contributed by atoms with E-state index in [1.165, 1.54) is 6.33 Å². The van der Waals surface area contributed by atoms with Gasteiger partial charge in [0.15, 0.2) is 0 Å². The molecular weight excluding hydrogens is 262 g/mol. The number of nitrogens with zero attached hydrogens (tertiary/aromatic N) is 3. The van der Waals surface area contributed by atoms with Crippen molar-refractivity contribution in [1.29, 1.82) is 0 Å². The molecule has 0 spiro atoms. The molecule has 0 aliphatic carbocycles. The first-order valence-corrected chi connectivity index (χ1v) is 6.47. The van der Waals surface area contributed by atoms with Crippen LogP contribution in [0, 0.1) is 26.2 Å². The summed E-state index contributed by atoms with van der Waals surface area (Å²) in [5, 5.41) is 9.86. The molecule has 19 heavy (non-hydrogen) atoms. The van der Waals surface area contributed by atoms with E-state index in [1.54, 1.807) is 16.2 Å². The van der Waals surface area contributed by atoms with Gasteiger partial charge in [-0.2, -0.15) is 0 Å². The molecular formula is C13H13N3O2S. The van der Waals surface area contributed by atoms with Gasteiger partial charge < -0.3 is 10.0 Å². The molecule has 0 unspecified atom stereocenters. The lowest BCUT2D eigenvalue weighted by Gasteiger charge is -2.19. The van der Waals surface area contributed by atoms with Crippen LogP contribution in [0.2, 0.25) is 0 Å². The molecule has 0 aromatic carbocycles. The fourth-order valence-corrected chi connectivity index (χ4v) is 2.87. The second-order valence-electron chi connectivity index (χ2n) is 4.11. The monoisotopic (exact) mass is 275 g/mol. The van der Waals surface area contributed by atoms with Crippen LogP contribution in [-0.4, -0.2) is 34.1 Å². The highest BCUT2D eigenvalue weighted by Gasteiger charge is 2.18. The zero-order valence-electron chi connectivity index (χ0n) is 10.7. The Morgan fingerprint density at radius 3 is 2.89 bits per heavy atom. The molecule has 0 aliphatic rings. The molecule has 2 heterocycles. The van der Waals surface area contributed by atoms with E-state index in [0.29, 0.717) is 5.82 Å². The Morgan fingerprint density at radius 2 is 2.26 bits per heavy atom. The molecule has 6 heteroatoms. The lowest BCUT2D eigenvalue weighted by atomic mass is 10.2. The van der Waals surface area contributed by atoms with Crippen molar-refractivity contribution in [2.24, 2.45) is 0 Å². The van der Waals surface area contributed by atoms with E-state index < -0.39 is 5.97 Å². The predicted octanol–water partition coefficient (Wildman–Crippen LogP) is 1.83. The topological polar surface area (TPSA) is 66.3 Å². The van der Waals surface area contributed by atoms with Crippen LogP contribution < -0.4 is 4.90 Å². The zero-order chi connectivity index (χ0) is 14.0. The third-order valence-electron chi connectivity index (χ3n) is 2.85. The highest BCUT2D eigenvalue weighted by Crippen LogP contribution is 2.33. The summed E-state index contributed by atoms with van der Waals surface area (Å²) in [5.41, 5.74) is 1.07. The smallest absolute Gasteiger partial charge is 0.323 e. The minimum atomic E-state index is -0.938. The molecule has 2 aromatic heterocycles. The van der Waals surface area contributed by atoms with Gasteiger partial charge in [-0.25, -0.2) is 9.97 Å². The van der Waals surface area contributed by atoms with E-state index in [9.17, 15) is 4.79 Å². The number of thiophene rings is 1. The van der Waals surface area contributed by atoms with Crippen LogP contribution in [-0.2, 0) is 4.79 Å². The van der Waals surface area contributed by atoms with Gasteiger partial charge in [0.1, 0.15) is 23.5 Å². The van der Waals surface area contributed by atoms with Gasteiger partial charge in [0, 0.05) is 4.88 Å². The molecule has 1 N–H and O–H groups in total. The largest absolute Gasteiger partial charge is 0.480 e. The average molecular weight is 275 g/mol. The highest BCUT2D eigenvalue weighted by atomic mass is 32.1. The third kappa shape index (κ3) is 2.51. The summed E-state index contributed by atoms with van der Waals surface area (Å²) in [5.74, 6) is 2.12. The maximum Gasteiger partial charge on any atom is 0.323 e. The minimum Gasteiger partial charge on any atom is -0.480 e. The second kappa shape index (κ2) is 5.24. The number of aliphatic carboxylic acids is 1. The number of terminal acetylenes is 1. The van der Waals surface area contributed by atoms with Gasteiger partial charge in [-0.3, -0.25) is 4.79 Å². The molecule has 0 radical (unpaired) electrons. The molecule has 0 fully saturated rings. The Balaban J connectivity index is 2.59. The number of carbonyl (C=O) groups is 1. The minimum absolute atomic E-state index is 0.176. The maximum atomic E-state index is 10.9. The van der Waals surface area contributed by atoms with Crippen LogP contribution in [0.1, 0.15) is 10.4 Å². The molecule has 0 bridgehead atoms. The van der Waals surface area contributed by atoms with Crippen molar-refractivity contribution in [1.82, 2.24) is 9.97 Å². The van der Waals surface area contributed by atoms with Crippen molar-refractivity contribution in [3.63, 3.8) is 0 Å². The number of rotatable bonds is 4. The van der Waals surface area contributed by atoms with E-state index in [1.807, 2.05) is 13.8 Å². The number of aromatic nitrogens is 2. The Kier molecular flexibility index (Phi) is 3.67. The normalized spacial score (nSPS) is 10.4. The van der Waals surface area contributed by atoms with E-state index in [4.69, 9.17) is 11.5 Å². The van der Waals surface area contributed by atoms with Crippen LogP contribution in [0.25, 0.3) is 10.2 Å². The van der Waals surface area contributed by atoms with Crippen molar-refractivity contribution in [2.75, 3.05) is 18.0 Å². The first-order chi connectivity index (χ1) is 9.04. The van der Waals surface area contributed by atoms with Crippen molar-refractivity contribution < 1.29 is 9.90 Å². The molecule has 2 rings (SSSR count). The number of carboxylic acids is 1. The Morgan fingerprint density at radius 1 is 1.53 bits per heavy atom. The van der Waals surface area contributed by atoms with Crippen molar-refractivity contribution in [2.45, 2.75) is 13.8 Å². The molecule has 0 aliphatic heterocycles. The van der Waals surface area contributed by atoms with E-state index >= 15 is 0 Å². The summed E-state index contributed by atoms with van der Waals surface area (Å²) in [6.07, 6.45) is 6.75. The van der Waals surface area contributed by atoms with Gasteiger partial charge in [-0.1, -0.05) is 5.92 Å². The van der Waals surface area contributed by atoms with Crippen LogP contribution in [0.5, 0.6) is 0 Å². The van der Waals surface area contributed by atoms with Crippen LogP contribution in [0.3, 0.4) is 0 Å². The fourth-order valence-electron chi connectivity index (χ4n) is 1.88. The number of carboxylic acid groups (broad SMARTS) is 1. The summed E-state index contributed by atoms with van der Waals surface area (Å²) >= 11 is 1.57. The van der Waals surface area contributed by atoms with Crippen molar-refractivity contribution in [3.8, 4) is 12.3 Å². The number of hydrogen-bond acceptors (Lipinski definition) is 5. The Hall–Kier alpha value is -2.13. The maximum absolute atomic E-state index is 10.9. The lowest BCUT2D eigenvalue weighted by molar-refractivity contribution is -0.135. The van der Waals surface area contributed by atoms with Gasteiger partial charge in [0.25, 0.3) is 0 Å². The van der Waals surface area contributed by atoms with E-state index in [-0.39, 0.29) is 13.1 Å². The van der Waals surface area contributed by atoms with Gasteiger partial charge >= 0.3 is 5.97 Å². The highest BCUT2D eigenvalue weighted by molar-refractivity contribution is 7.18. The Labute approximate surface area is 114 Å². The third-order valence-corrected chi connectivity index (χ3v) is 3.97. The predicted molar refractivity (Wildman–Crippen MR) is 75.6 cm³/mol. The standard InChI is InChI=1S/C13H13N3O2S/c1-4-5-16(6-10(17)18)12-11-8(2)9(3)19-13(11)15-7-14-12/h1,7H,5-6H2,2-3H3,(H,17,18). The van der Waals surface area contributed by atoms with Gasteiger partial charge in [-0.05, 0) is 19.4 Å². The quantitative estimate of drug-likeness (QED) is 0.862. The first kappa shape index (κ1) is 13.3. The van der Waals surface area contributed by atoms with Gasteiger partial charge in [-0.15, -0.1) is 17.8 Å². The molecule has 0 amide bonds. The summed E-state index contributed by atoms with van der Waals surface area (Å²) in [6, 6.07) is 0. The Bertz CT molecular complexity index is 672. The molecule has 5 nitrogen and oxygen atoms in total. The summed E-state index contributed by atoms with van der Waals surface area (Å²) in [7, 11) is 0. The summed E-state index contributed by atoms with van der Waals surface area (Å²) in [4.78, 5) is 23.0. The van der Waals surface area contributed by atoms with Crippen LogP contribution in [0.15, 0.2) is 6.33 Å².